The molecule has 0 saturated carbocycles. The number of hydrogen-bond donors (Lipinski definition) is 0. The van der Waals surface area contributed by atoms with Crippen molar-refractivity contribution < 1.29 is 14.2 Å². The van der Waals surface area contributed by atoms with Gasteiger partial charge in [-0.3, -0.25) is 0 Å². The highest BCUT2D eigenvalue weighted by molar-refractivity contribution is 5.27. The highest BCUT2D eigenvalue weighted by Gasteiger charge is 2.29. The van der Waals surface area contributed by atoms with Crippen LogP contribution in [0.15, 0.2) is 24.3 Å². The van der Waals surface area contributed by atoms with E-state index >= 15 is 0 Å². The van der Waals surface area contributed by atoms with E-state index in [1.54, 1.807) is 7.11 Å². The van der Waals surface area contributed by atoms with Crippen LogP contribution in [-0.4, -0.2) is 50.1 Å². The van der Waals surface area contributed by atoms with E-state index in [1.807, 2.05) is 12.1 Å². The molecular weight excluding hydrogens is 314 g/mol. The Balaban J connectivity index is 1.67. The molecule has 2 rings (SSSR count). The zero-order chi connectivity index (χ0) is 18.1. The third kappa shape index (κ3) is 6.61. The second-order valence-electron chi connectivity index (χ2n) is 7.17. The summed E-state index contributed by atoms with van der Waals surface area (Å²) < 4.78 is 16.6. The SMILES string of the molecule is CCN(CCCCCC1(C)OCCO1)C(C)Cc1ccc(OC)cc1. The van der Waals surface area contributed by atoms with Crippen LogP contribution in [0, 0.1) is 0 Å². The topological polar surface area (TPSA) is 30.9 Å². The minimum absolute atomic E-state index is 0.327. The second kappa shape index (κ2) is 10.1. The summed E-state index contributed by atoms with van der Waals surface area (Å²) in [4.78, 5) is 2.58. The first-order valence-corrected chi connectivity index (χ1v) is 9.71. The first kappa shape index (κ1) is 20.2. The Morgan fingerprint density at radius 1 is 1.12 bits per heavy atom. The zero-order valence-corrected chi connectivity index (χ0v) is 16.4. The molecule has 1 aliphatic heterocycles. The van der Waals surface area contributed by atoms with Gasteiger partial charge in [-0.25, -0.2) is 0 Å². The van der Waals surface area contributed by atoms with Gasteiger partial charge in [-0.1, -0.05) is 25.5 Å². The van der Waals surface area contributed by atoms with Gasteiger partial charge >= 0.3 is 0 Å². The van der Waals surface area contributed by atoms with Crippen molar-refractivity contribution in [3.8, 4) is 5.75 Å². The van der Waals surface area contributed by atoms with Crippen molar-refractivity contribution in [2.24, 2.45) is 0 Å². The monoisotopic (exact) mass is 349 g/mol. The van der Waals surface area contributed by atoms with Gasteiger partial charge in [-0.05, 0) is 63.9 Å². The minimum Gasteiger partial charge on any atom is -0.497 e. The van der Waals surface area contributed by atoms with Crippen LogP contribution in [0.1, 0.15) is 52.0 Å². The number of likely N-dealkylation sites (N-methyl/N-ethyl adjacent to an activating group) is 1. The number of methoxy groups -OCH3 is 1. The number of unbranched alkanes of at least 4 members (excludes halogenated alkanes) is 2. The van der Waals surface area contributed by atoms with Crippen molar-refractivity contribution in [3.63, 3.8) is 0 Å². The van der Waals surface area contributed by atoms with Crippen LogP contribution in [-0.2, 0) is 15.9 Å². The van der Waals surface area contributed by atoms with Gasteiger partial charge in [-0.2, -0.15) is 0 Å². The first-order chi connectivity index (χ1) is 12.1. The summed E-state index contributed by atoms with van der Waals surface area (Å²) in [6.45, 7) is 10.4. The highest BCUT2D eigenvalue weighted by atomic mass is 16.7. The van der Waals surface area contributed by atoms with Crippen LogP contribution in [0.25, 0.3) is 0 Å². The van der Waals surface area contributed by atoms with Gasteiger partial charge in [-0.15, -0.1) is 0 Å². The van der Waals surface area contributed by atoms with E-state index in [-0.39, 0.29) is 5.79 Å². The maximum atomic E-state index is 5.67. The quantitative estimate of drug-likeness (QED) is 0.558. The molecule has 1 saturated heterocycles. The molecule has 1 heterocycles. The number of rotatable bonds is 11. The average molecular weight is 350 g/mol. The molecule has 1 aromatic rings. The minimum atomic E-state index is -0.327. The number of benzene rings is 1. The predicted octanol–water partition coefficient (Wildman–Crippen LogP) is 4.27. The van der Waals surface area contributed by atoms with Gasteiger partial charge < -0.3 is 19.1 Å². The molecule has 25 heavy (non-hydrogen) atoms. The van der Waals surface area contributed by atoms with Gasteiger partial charge in [0.25, 0.3) is 0 Å². The molecule has 1 aromatic carbocycles. The lowest BCUT2D eigenvalue weighted by molar-refractivity contribution is -0.147. The molecule has 0 amide bonds. The van der Waals surface area contributed by atoms with Crippen molar-refractivity contribution in [2.45, 2.75) is 64.7 Å². The molecule has 0 aromatic heterocycles. The molecule has 1 aliphatic rings. The van der Waals surface area contributed by atoms with Gasteiger partial charge in [0.05, 0.1) is 20.3 Å². The lowest BCUT2D eigenvalue weighted by Gasteiger charge is -2.28. The molecule has 1 unspecified atom stereocenters. The molecule has 1 fully saturated rings. The van der Waals surface area contributed by atoms with Gasteiger partial charge in [0.2, 0.25) is 0 Å². The summed E-state index contributed by atoms with van der Waals surface area (Å²) in [5.74, 6) is 0.596. The van der Waals surface area contributed by atoms with E-state index in [1.165, 1.54) is 24.8 Å². The van der Waals surface area contributed by atoms with Crippen LogP contribution in [0.5, 0.6) is 5.75 Å². The molecule has 0 bridgehead atoms. The van der Waals surface area contributed by atoms with E-state index in [2.05, 4.69) is 37.8 Å². The predicted molar refractivity (Wildman–Crippen MR) is 102 cm³/mol. The molecule has 142 valence electrons. The molecule has 4 nitrogen and oxygen atoms in total. The molecule has 0 radical (unpaired) electrons. The third-order valence-corrected chi connectivity index (χ3v) is 5.19. The summed E-state index contributed by atoms with van der Waals surface area (Å²) in [6, 6.07) is 8.99. The van der Waals surface area contributed by atoms with Crippen molar-refractivity contribution in [1.82, 2.24) is 4.90 Å². The Morgan fingerprint density at radius 2 is 1.80 bits per heavy atom. The first-order valence-electron chi connectivity index (χ1n) is 9.71. The standard InChI is InChI=1S/C21H35NO3/c1-5-22(14-8-6-7-13-21(3)24-15-16-25-21)18(2)17-19-9-11-20(23-4)12-10-19/h9-12,18H,5-8,13-17H2,1-4H3. The Labute approximate surface area is 153 Å². The van der Waals surface area contributed by atoms with Crippen molar-refractivity contribution >= 4 is 0 Å². The normalized spacial score (nSPS) is 17.8. The third-order valence-electron chi connectivity index (χ3n) is 5.19. The fourth-order valence-corrected chi connectivity index (χ4v) is 3.56. The van der Waals surface area contributed by atoms with E-state index in [0.29, 0.717) is 6.04 Å². The molecule has 4 heteroatoms. The Bertz CT molecular complexity index is 482. The summed E-state index contributed by atoms with van der Waals surface area (Å²) in [7, 11) is 1.71. The highest BCUT2D eigenvalue weighted by Crippen LogP contribution is 2.25. The fourth-order valence-electron chi connectivity index (χ4n) is 3.56. The Hall–Kier alpha value is -1.10. The molecule has 0 N–H and O–H groups in total. The van der Waals surface area contributed by atoms with Gasteiger partial charge in [0.1, 0.15) is 5.75 Å². The van der Waals surface area contributed by atoms with E-state index in [9.17, 15) is 0 Å². The Morgan fingerprint density at radius 3 is 2.40 bits per heavy atom. The number of hydrogen-bond acceptors (Lipinski definition) is 4. The van der Waals surface area contributed by atoms with E-state index < -0.39 is 0 Å². The van der Waals surface area contributed by atoms with Crippen LogP contribution in [0.2, 0.25) is 0 Å². The zero-order valence-electron chi connectivity index (χ0n) is 16.4. The Kier molecular flexibility index (Phi) is 8.20. The van der Waals surface area contributed by atoms with Crippen molar-refractivity contribution in [3.05, 3.63) is 29.8 Å². The van der Waals surface area contributed by atoms with Crippen LogP contribution in [0.3, 0.4) is 0 Å². The van der Waals surface area contributed by atoms with Crippen molar-refractivity contribution in [1.29, 1.82) is 0 Å². The van der Waals surface area contributed by atoms with Crippen LogP contribution < -0.4 is 4.74 Å². The lowest BCUT2D eigenvalue weighted by Crippen LogP contribution is -2.35. The summed E-state index contributed by atoms with van der Waals surface area (Å²) in [5, 5.41) is 0. The summed E-state index contributed by atoms with van der Waals surface area (Å²) in [6.07, 6.45) is 5.71. The summed E-state index contributed by atoms with van der Waals surface area (Å²) >= 11 is 0. The second-order valence-corrected chi connectivity index (χ2v) is 7.17. The largest absolute Gasteiger partial charge is 0.497 e. The number of ether oxygens (including phenoxy) is 3. The number of nitrogens with zero attached hydrogens (tertiary/aromatic N) is 1. The van der Waals surface area contributed by atoms with E-state index in [0.717, 1.165) is 44.9 Å². The maximum Gasteiger partial charge on any atom is 0.165 e. The van der Waals surface area contributed by atoms with Crippen molar-refractivity contribution in [2.75, 3.05) is 33.4 Å². The molecule has 0 aliphatic carbocycles. The summed E-state index contributed by atoms with van der Waals surface area (Å²) in [5.41, 5.74) is 1.37. The van der Waals surface area contributed by atoms with Crippen LogP contribution >= 0.6 is 0 Å². The lowest BCUT2D eigenvalue weighted by atomic mass is 10.0. The van der Waals surface area contributed by atoms with Gasteiger partial charge in [0, 0.05) is 12.5 Å². The molecular formula is C21H35NO3. The molecule has 1 atom stereocenters. The maximum absolute atomic E-state index is 5.67. The fraction of sp³-hybridized carbons (Fsp3) is 0.714. The van der Waals surface area contributed by atoms with Crippen LogP contribution in [0.4, 0.5) is 0 Å². The smallest absolute Gasteiger partial charge is 0.165 e. The molecule has 0 spiro atoms. The van der Waals surface area contributed by atoms with Gasteiger partial charge in [0.15, 0.2) is 5.79 Å². The average Bonchev–Trinajstić information content (AvgIpc) is 3.05. The van der Waals surface area contributed by atoms with E-state index in [4.69, 9.17) is 14.2 Å².